The molecule has 1 rings (SSSR count). The summed E-state index contributed by atoms with van der Waals surface area (Å²) in [6.45, 7) is 6.54. The molecule has 0 bridgehead atoms. The predicted molar refractivity (Wildman–Crippen MR) is 55.9 cm³/mol. The fourth-order valence-electron chi connectivity index (χ4n) is 2.42. The number of hydrogen-bond acceptors (Lipinski definition) is 4. The van der Waals surface area contributed by atoms with Gasteiger partial charge in [0, 0.05) is 13.1 Å². The van der Waals surface area contributed by atoms with Crippen LogP contribution in [0.25, 0.3) is 0 Å². The van der Waals surface area contributed by atoms with Crippen molar-refractivity contribution in [3.05, 3.63) is 5.21 Å². The van der Waals surface area contributed by atoms with Crippen molar-refractivity contribution in [2.75, 3.05) is 7.05 Å². The van der Waals surface area contributed by atoms with Gasteiger partial charge in [-0.3, -0.25) is 0 Å². The molecule has 3 unspecified atom stereocenters. The molecule has 4 heteroatoms. The fraction of sp³-hybridized carbons (Fsp3) is 1.00. The van der Waals surface area contributed by atoms with Crippen LogP contribution in [-0.4, -0.2) is 18.3 Å². The van der Waals surface area contributed by atoms with Crippen LogP contribution in [0.5, 0.6) is 0 Å². The molecule has 0 amide bonds. The van der Waals surface area contributed by atoms with Gasteiger partial charge in [0.15, 0.2) is 0 Å². The topological polar surface area (TPSA) is 47.6 Å². The van der Waals surface area contributed by atoms with Gasteiger partial charge < -0.3 is 5.21 Å². The molecule has 1 N–H and O–H groups in total. The van der Waals surface area contributed by atoms with Crippen molar-refractivity contribution in [3.63, 3.8) is 0 Å². The summed E-state index contributed by atoms with van der Waals surface area (Å²) in [5.41, 5.74) is 2.43. The van der Waals surface area contributed by atoms with E-state index in [1.165, 1.54) is 0 Å². The largest absolute Gasteiger partial charge is 0.760 e. The average Bonchev–Trinajstić information content (AvgIpc) is 2.48. The van der Waals surface area contributed by atoms with Gasteiger partial charge in [-0.05, 0) is 30.6 Å². The number of rotatable bonds is 4. The molecule has 1 fully saturated rings. The van der Waals surface area contributed by atoms with E-state index in [4.69, 9.17) is 4.94 Å². The third-order valence-electron chi connectivity index (χ3n) is 3.12. The van der Waals surface area contributed by atoms with E-state index in [1.54, 1.807) is 7.05 Å². The van der Waals surface area contributed by atoms with E-state index in [1.807, 2.05) is 0 Å². The van der Waals surface area contributed by atoms with E-state index < -0.39 is 0 Å². The normalized spacial score (nSPS) is 33.2. The van der Waals surface area contributed by atoms with Crippen LogP contribution in [0, 0.1) is 23.0 Å². The quantitative estimate of drug-likeness (QED) is 0.706. The lowest BCUT2D eigenvalue weighted by Crippen LogP contribution is -2.38. The standard InChI is InChI=1S/C10H21N2O2/c1-7(2)9-5-8(3)6-10(9)12(13)14-11-4/h7-11H,5-6H2,1-4H3/q-1. The molecule has 14 heavy (non-hydrogen) atoms. The molecule has 4 nitrogen and oxygen atoms in total. The van der Waals surface area contributed by atoms with Gasteiger partial charge in [0.2, 0.25) is 0 Å². The highest BCUT2D eigenvalue weighted by atomic mass is 17.0. The molecule has 3 atom stereocenters. The Hall–Kier alpha value is -0.160. The number of nitrogens with one attached hydrogen (secondary N) is 1. The number of hydrogen-bond donors (Lipinski definition) is 1. The Balaban J connectivity index is 2.56. The van der Waals surface area contributed by atoms with Crippen molar-refractivity contribution in [1.82, 2.24) is 10.7 Å². The molecule has 84 valence electrons. The van der Waals surface area contributed by atoms with Gasteiger partial charge in [-0.2, -0.15) is 5.48 Å². The second-order valence-electron chi connectivity index (χ2n) is 4.63. The first-order chi connectivity index (χ1) is 6.56. The maximum atomic E-state index is 11.5. The van der Waals surface area contributed by atoms with Crippen LogP contribution in [0.2, 0.25) is 0 Å². The van der Waals surface area contributed by atoms with Gasteiger partial charge in [-0.1, -0.05) is 20.8 Å². The molecule has 1 saturated carbocycles. The minimum Gasteiger partial charge on any atom is -0.760 e. The Morgan fingerprint density at radius 2 is 2.07 bits per heavy atom. The van der Waals surface area contributed by atoms with E-state index in [-0.39, 0.29) is 6.04 Å². The lowest BCUT2D eigenvalue weighted by molar-refractivity contribution is -0.202. The second kappa shape index (κ2) is 5.07. The molecular formula is C10H21N2O2-. The minimum atomic E-state index is 0.0115. The zero-order valence-corrected chi connectivity index (χ0v) is 9.49. The molecule has 0 radical (unpaired) electrons. The van der Waals surface area contributed by atoms with Gasteiger partial charge in [0.05, 0.1) is 0 Å². The van der Waals surface area contributed by atoms with Crippen LogP contribution in [0.4, 0.5) is 0 Å². The molecule has 0 saturated heterocycles. The highest BCUT2D eigenvalue weighted by molar-refractivity contribution is 4.88. The van der Waals surface area contributed by atoms with E-state index in [0.717, 1.165) is 18.1 Å². The highest BCUT2D eigenvalue weighted by Crippen LogP contribution is 2.38. The van der Waals surface area contributed by atoms with Crippen molar-refractivity contribution < 1.29 is 4.94 Å². The molecule has 0 spiro atoms. The van der Waals surface area contributed by atoms with Crippen molar-refractivity contribution >= 4 is 0 Å². The zero-order valence-electron chi connectivity index (χ0n) is 9.49. The summed E-state index contributed by atoms with van der Waals surface area (Å²) in [5.74, 6) is 1.63. The first kappa shape index (κ1) is 11.9. The second-order valence-corrected chi connectivity index (χ2v) is 4.63. The van der Waals surface area contributed by atoms with E-state index >= 15 is 0 Å². The summed E-state index contributed by atoms with van der Waals surface area (Å²) >= 11 is 0. The summed E-state index contributed by atoms with van der Waals surface area (Å²) in [7, 11) is 1.60. The van der Waals surface area contributed by atoms with Crippen LogP contribution < -0.4 is 5.48 Å². The van der Waals surface area contributed by atoms with E-state index in [9.17, 15) is 5.21 Å². The number of nitrogens with zero attached hydrogens (tertiary/aromatic N) is 1. The monoisotopic (exact) mass is 201 g/mol. The molecule has 1 aliphatic carbocycles. The SMILES string of the molecule is CNON([O-])C1CC(C)CC1C(C)C. The van der Waals surface area contributed by atoms with Crippen LogP contribution in [0.15, 0.2) is 0 Å². The van der Waals surface area contributed by atoms with Crippen molar-refractivity contribution in [3.8, 4) is 0 Å². The number of hydroxylamine groups is 3. The lowest BCUT2D eigenvalue weighted by Gasteiger charge is -2.37. The van der Waals surface area contributed by atoms with Crippen molar-refractivity contribution in [2.45, 2.75) is 39.7 Å². The smallest absolute Gasteiger partial charge is 0.0271 e. The van der Waals surface area contributed by atoms with Crippen LogP contribution >= 0.6 is 0 Å². The Bertz CT molecular complexity index is 176. The first-order valence-electron chi connectivity index (χ1n) is 5.36. The fourth-order valence-corrected chi connectivity index (χ4v) is 2.42. The van der Waals surface area contributed by atoms with E-state index in [0.29, 0.717) is 17.8 Å². The van der Waals surface area contributed by atoms with Crippen molar-refractivity contribution in [2.24, 2.45) is 17.8 Å². The molecular weight excluding hydrogens is 180 g/mol. The zero-order chi connectivity index (χ0) is 10.7. The summed E-state index contributed by atoms with van der Waals surface area (Å²) in [6, 6.07) is 0.0115. The molecule has 1 aliphatic rings. The molecule has 0 aliphatic heterocycles. The van der Waals surface area contributed by atoms with Gasteiger partial charge >= 0.3 is 0 Å². The summed E-state index contributed by atoms with van der Waals surface area (Å²) in [6.07, 6.45) is 2.07. The maximum Gasteiger partial charge on any atom is 0.0271 e. The Morgan fingerprint density at radius 1 is 1.43 bits per heavy atom. The Labute approximate surface area is 86.1 Å². The summed E-state index contributed by atoms with van der Waals surface area (Å²) < 4.78 is 0. The minimum absolute atomic E-state index is 0.0115. The van der Waals surface area contributed by atoms with Crippen molar-refractivity contribution in [1.29, 1.82) is 0 Å². The third-order valence-corrected chi connectivity index (χ3v) is 3.12. The maximum absolute atomic E-state index is 11.5. The molecule has 0 heterocycles. The predicted octanol–water partition coefficient (Wildman–Crippen LogP) is 1.92. The van der Waals surface area contributed by atoms with Gasteiger partial charge in [-0.25, -0.2) is 10.2 Å². The average molecular weight is 201 g/mol. The Morgan fingerprint density at radius 3 is 2.57 bits per heavy atom. The Kier molecular flexibility index (Phi) is 4.31. The first-order valence-corrected chi connectivity index (χ1v) is 5.36. The van der Waals surface area contributed by atoms with Gasteiger partial charge in [-0.15, -0.1) is 0 Å². The van der Waals surface area contributed by atoms with E-state index in [2.05, 4.69) is 26.3 Å². The van der Waals surface area contributed by atoms with Crippen LogP contribution in [0.1, 0.15) is 33.6 Å². The van der Waals surface area contributed by atoms with Crippen LogP contribution in [0.3, 0.4) is 0 Å². The summed E-state index contributed by atoms with van der Waals surface area (Å²) in [4.78, 5) is 4.78. The third kappa shape index (κ3) is 2.67. The molecule has 0 aromatic heterocycles. The van der Waals surface area contributed by atoms with Gasteiger partial charge in [0.25, 0.3) is 0 Å². The van der Waals surface area contributed by atoms with Gasteiger partial charge in [0.1, 0.15) is 0 Å². The molecule has 0 aromatic rings. The molecule has 0 aromatic carbocycles. The van der Waals surface area contributed by atoms with Crippen LogP contribution in [-0.2, 0) is 4.94 Å². The lowest BCUT2D eigenvalue weighted by atomic mass is 9.91. The summed E-state index contributed by atoms with van der Waals surface area (Å²) in [5, 5.41) is 12.3. The highest BCUT2D eigenvalue weighted by Gasteiger charge is 2.35.